The number of fused-ring (bicyclic) bond motifs is 1. The number of rotatable bonds is 9. The average Bonchev–Trinajstić information content (AvgIpc) is 2.89. The van der Waals surface area contributed by atoms with Gasteiger partial charge in [0.05, 0.1) is 18.2 Å². The molecule has 0 aliphatic carbocycles. The number of nitrogens with zero attached hydrogens (tertiary/aromatic N) is 1. The second-order valence-corrected chi connectivity index (χ2v) is 6.53. The third-order valence-electron chi connectivity index (χ3n) is 3.95. The van der Waals surface area contributed by atoms with Gasteiger partial charge in [-0.05, 0) is 30.5 Å². The molecule has 1 heterocycles. The number of aliphatic imine (C=N–C) groups is 1. The van der Waals surface area contributed by atoms with Crippen LogP contribution in [0, 0.1) is 0 Å². The summed E-state index contributed by atoms with van der Waals surface area (Å²) in [6.45, 7) is 6.46. The molecule has 8 heteroatoms. The second-order valence-electron chi connectivity index (χ2n) is 6.13. The molecule has 0 aromatic heterocycles. The lowest BCUT2D eigenvalue weighted by Crippen LogP contribution is -2.37. The number of unbranched alkanes of at least 4 members (excludes halogenated alkanes) is 1. The number of nitrogens with one attached hydrogen (secondary N) is 2. The Morgan fingerprint density at radius 1 is 1.19 bits per heavy atom. The third kappa shape index (κ3) is 8.74. The van der Waals surface area contributed by atoms with Gasteiger partial charge < -0.3 is 24.8 Å². The number of halogens is 2. The van der Waals surface area contributed by atoms with Crippen LogP contribution in [-0.4, -0.2) is 46.0 Å². The van der Waals surface area contributed by atoms with Gasteiger partial charge in [0.15, 0.2) is 17.5 Å². The van der Waals surface area contributed by atoms with Crippen LogP contribution in [0.15, 0.2) is 17.1 Å². The normalized spacial score (nSPS) is 13.5. The van der Waals surface area contributed by atoms with Crippen molar-refractivity contribution in [2.75, 3.05) is 40.0 Å². The van der Waals surface area contributed by atoms with E-state index in [1.165, 1.54) is 6.42 Å². The number of hydrogen-bond donors (Lipinski definition) is 2. The number of hydrogen-bond acceptors (Lipinski definition) is 4. The minimum absolute atomic E-state index is 0. The first-order valence-corrected chi connectivity index (χ1v) is 9.72. The summed E-state index contributed by atoms with van der Waals surface area (Å²) in [5, 5.41) is 7.15. The highest BCUT2D eigenvalue weighted by molar-refractivity contribution is 14.0. The van der Waals surface area contributed by atoms with Crippen LogP contribution in [0.25, 0.3) is 0 Å². The standard InChI is InChI=1S/C19H30ClN3O3.HI/c1-3-4-8-24-9-5-7-22-19(21-2)23-14-15-12-16(20)18-17(13-15)25-10-6-11-26-18;/h12-13H,3-11,14H2,1-2H3,(H2,21,22,23);1H. The molecule has 2 rings (SSSR count). The lowest BCUT2D eigenvalue weighted by molar-refractivity contribution is 0.129. The van der Waals surface area contributed by atoms with E-state index in [0.29, 0.717) is 36.3 Å². The molecule has 1 aliphatic rings. The molecule has 0 bridgehead atoms. The van der Waals surface area contributed by atoms with E-state index in [1.54, 1.807) is 7.05 Å². The highest BCUT2D eigenvalue weighted by atomic mass is 127. The first-order chi connectivity index (χ1) is 12.7. The molecule has 1 aliphatic heterocycles. The molecule has 0 radical (unpaired) electrons. The van der Waals surface area contributed by atoms with Crippen LogP contribution in [0.1, 0.15) is 38.2 Å². The number of guanidine groups is 1. The van der Waals surface area contributed by atoms with Gasteiger partial charge >= 0.3 is 0 Å². The van der Waals surface area contributed by atoms with Gasteiger partial charge in [0, 0.05) is 39.8 Å². The molecule has 0 amide bonds. The molecule has 2 N–H and O–H groups in total. The molecular formula is C19H31ClIN3O3. The molecule has 0 spiro atoms. The predicted molar refractivity (Wildman–Crippen MR) is 121 cm³/mol. The van der Waals surface area contributed by atoms with E-state index in [9.17, 15) is 0 Å². The van der Waals surface area contributed by atoms with Gasteiger partial charge in [-0.3, -0.25) is 4.99 Å². The largest absolute Gasteiger partial charge is 0.489 e. The van der Waals surface area contributed by atoms with Crippen LogP contribution in [0.2, 0.25) is 5.02 Å². The summed E-state index contributed by atoms with van der Waals surface area (Å²) in [6.07, 6.45) is 4.09. The van der Waals surface area contributed by atoms with E-state index < -0.39 is 0 Å². The highest BCUT2D eigenvalue weighted by Gasteiger charge is 2.15. The second kappa shape index (κ2) is 14.1. The van der Waals surface area contributed by atoms with Gasteiger partial charge in [0.2, 0.25) is 0 Å². The zero-order chi connectivity index (χ0) is 18.6. The van der Waals surface area contributed by atoms with Crippen molar-refractivity contribution in [2.24, 2.45) is 4.99 Å². The maximum atomic E-state index is 6.33. The monoisotopic (exact) mass is 511 g/mol. The molecule has 0 unspecified atom stereocenters. The summed E-state index contributed by atoms with van der Waals surface area (Å²) < 4.78 is 16.9. The maximum Gasteiger partial charge on any atom is 0.191 e. The Hall–Kier alpha value is -0.930. The molecule has 1 aromatic rings. The van der Waals surface area contributed by atoms with Crippen LogP contribution < -0.4 is 20.1 Å². The van der Waals surface area contributed by atoms with E-state index in [0.717, 1.165) is 50.5 Å². The van der Waals surface area contributed by atoms with E-state index in [1.807, 2.05) is 12.1 Å². The number of ether oxygens (including phenoxy) is 3. The van der Waals surface area contributed by atoms with Crippen LogP contribution >= 0.6 is 35.6 Å². The van der Waals surface area contributed by atoms with E-state index in [-0.39, 0.29) is 24.0 Å². The van der Waals surface area contributed by atoms with Crippen molar-refractivity contribution in [3.63, 3.8) is 0 Å². The molecule has 6 nitrogen and oxygen atoms in total. The van der Waals surface area contributed by atoms with Crippen molar-refractivity contribution in [1.82, 2.24) is 10.6 Å². The summed E-state index contributed by atoms with van der Waals surface area (Å²) in [5.74, 6) is 2.10. The molecule has 0 atom stereocenters. The quantitative estimate of drug-likeness (QED) is 0.227. The smallest absolute Gasteiger partial charge is 0.191 e. The minimum Gasteiger partial charge on any atom is -0.489 e. The highest BCUT2D eigenvalue weighted by Crippen LogP contribution is 2.37. The third-order valence-corrected chi connectivity index (χ3v) is 4.23. The van der Waals surface area contributed by atoms with Crippen LogP contribution in [0.4, 0.5) is 0 Å². The predicted octanol–water partition coefficient (Wildman–Crippen LogP) is 3.99. The topological polar surface area (TPSA) is 64.1 Å². The van der Waals surface area contributed by atoms with Gasteiger partial charge in [-0.1, -0.05) is 24.9 Å². The van der Waals surface area contributed by atoms with Crippen molar-refractivity contribution in [3.8, 4) is 11.5 Å². The first kappa shape index (κ1) is 24.1. The SMILES string of the molecule is CCCCOCCCNC(=NC)NCc1cc(Cl)c2c(c1)OCCCO2.I. The zero-order valence-electron chi connectivity index (χ0n) is 16.2. The summed E-state index contributed by atoms with van der Waals surface area (Å²) in [4.78, 5) is 4.24. The van der Waals surface area contributed by atoms with Gasteiger partial charge in [-0.25, -0.2) is 0 Å². The van der Waals surface area contributed by atoms with Crippen LogP contribution in [0.5, 0.6) is 11.5 Å². The van der Waals surface area contributed by atoms with E-state index >= 15 is 0 Å². The average molecular weight is 512 g/mol. The summed E-state index contributed by atoms with van der Waals surface area (Å²) in [7, 11) is 1.76. The van der Waals surface area contributed by atoms with Gasteiger partial charge in [0.25, 0.3) is 0 Å². The van der Waals surface area contributed by atoms with E-state index in [4.69, 9.17) is 25.8 Å². The molecular weight excluding hydrogens is 481 g/mol. The zero-order valence-corrected chi connectivity index (χ0v) is 19.3. The van der Waals surface area contributed by atoms with Gasteiger partial charge in [-0.15, -0.1) is 24.0 Å². The number of benzene rings is 1. The molecule has 27 heavy (non-hydrogen) atoms. The minimum atomic E-state index is 0. The fourth-order valence-corrected chi connectivity index (χ4v) is 2.81. The lowest BCUT2D eigenvalue weighted by atomic mass is 10.2. The molecule has 0 fully saturated rings. The Balaban J connectivity index is 0.00000364. The van der Waals surface area contributed by atoms with Crippen molar-refractivity contribution in [1.29, 1.82) is 0 Å². The lowest BCUT2D eigenvalue weighted by Gasteiger charge is -2.14. The van der Waals surface area contributed by atoms with Crippen molar-refractivity contribution in [3.05, 3.63) is 22.7 Å². The van der Waals surface area contributed by atoms with Gasteiger partial charge in [-0.2, -0.15) is 0 Å². The molecule has 1 aromatic carbocycles. The van der Waals surface area contributed by atoms with Crippen LogP contribution in [-0.2, 0) is 11.3 Å². The van der Waals surface area contributed by atoms with Crippen LogP contribution in [0.3, 0.4) is 0 Å². The first-order valence-electron chi connectivity index (χ1n) is 9.35. The van der Waals surface area contributed by atoms with Crippen molar-refractivity contribution >= 4 is 41.5 Å². The maximum absolute atomic E-state index is 6.33. The Morgan fingerprint density at radius 3 is 2.74 bits per heavy atom. The van der Waals surface area contributed by atoms with Crippen molar-refractivity contribution in [2.45, 2.75) is 39.2 Å². The molecule has 0 saturated heterocycles. The summed E-state index contributed by atoms with van der Waals surface area (Å²) in [6, 6.07) is 3.87. The van der Waals surface area contributed by atoms with E-state index in [2.05, 4.69) is 22.5 Å². The Labute approximate surface area is 184 Å². The summed E-state index contributed by atoms with van der Waals surface area (Å²) >= 11 is 6.33. The fraction of sp³-hybridized carbons (Fsp3) is 0.632. The Morgan fingerprint density at radius 2 is 1.96 bits per heavy atom. The molecule has 0 saturated carbocycles. The Bertz CT molecular complexity index is 588. The fourth-order valence-electron chi connectivity index (χ4n) is 2.52. The summed E-state index contributed by atoms with van der Waals surface area (Å²) in [5.41, 5.74) is 1.02. The molecule has 154 valence electrons. The van der Waals surface area contributed by atoms with Crippen molar-refractivity contribution < 1.29 is 14.2 Å². The van der Waals surface area contributed by atoms with Gasteiger partial charge in [0.1, 0.15) is 0 Å². The Kier molecular flexibility index (Phi) is 12.6.